The monoisotopic (exact) mass is 431 g/mol. The van der Waals surface area contributed by atoms with Crippen LogP contribution in [0.1, 0.15) is 33.2 Å². The molecule has 26 heavy (non-hydrogen) atoms. The average molecular weight is 432 g/mol. The molecule has 2 heterocycles. The van der Waals surface area contributed by atoms with Gasteiger partial charge in [0.1, 0.15) is 12.4 Å². The van der Waals surface area contributed by atoms with Crippen LogP contribution < -0.4 is 34.3 Å². The van der Waals surface area contributed by atoms with Crippen molar-refractivity contribution in [3.63, 3.8) is 0 Å². The van der Waals surface area contributed by atoms with Gasteiger partial charge < -0.3 is 15.8 Å². The van der Waals surface area contributed by atoms with E-state index < -0.39 is 0 Å². The predicted octanol–water partition coefficient (Wildman–Crippen LogP) is 0.266. The third kappa shape index (κ3) is 3.44. The largest absolute Gasteiger partial charge is 1.00 e. The smallest absolute Gasteiger partial charge is 1.00 e. The van der Waals surface area contributed by atoms with Crippen LogP contribution in [0.3, 0.4) is 0 Å². The Bertz CT molecular complexity index is 824. The number of likely N-dealkylation sites (N-methyl/N-ethyl adjacent to an activating group) is 1. The van der Waals surface area contributed by atoms with E-state index in [1.165, 1.54) is 0 Å². The molecule has 4 rings (SSSR count). The van der Waals surface area contributed by atoms with Gasteiger partial charge in [-0.15, -0.1) is 0 Å². The third-order valence-electron chi connectivity index (χ3n) is 5.74. The molecule has 1 aliphatic heterocycles. The van der Waals surface area contributed by atoms with Gasteiger partial charge in [0, 0.05) is 24.7 Å². The second-order valence-electron chi connectivity index (χ2n) is 7.06. The molecule has 0 radical (unpaired) electrons. The van der Waals surface area contributed by atoms with Crippen LogP contribution in [0, 0.1) is 0 Å². The zero-order chi connectivity index (χ0) is 17.6. The molecule has 0 atom stereocenters. The Morgan fingerprint density at radius 1 is 1.38 bits per heavy atom. The first kappa shape index (κ1) is 20.1. The molecule has 0 N–H and O–H groups in total. The fourth-order valence-corrected chi connectivity index (χ4v) is 4.58. The quantitative estimate of drug-likeness (QED) is 0.640. The molecule has 1 saturated carbocycles. The summed E-state index contributed by atoms with van der Waals surface area (Å²) < 4.78 is 13.9. The molecular weight excluding hydrogens is 409 g/mol. The van der Waals surface area contributed by atoms with Crippen molar-refractivity contribution in [2.24, 2.45) is 0 Å². The topological polar surface area (TPSA) is 56.6 Å². The number of halogens is 1. The molecule has 1 aliphatic carbocycles. The van der Waals surface area contributed by atoms with Crippen molar-refractivity contribution in [1.29, 1.82) is 0 Å². The molecule has 2 fully saturated rings. The second-order valence-corrected chi connectivity index (χ2v) is 7.91. The Morgan fingerprint density at radius 2 is 2.12 bits per heavy atom. The minimum Gasteiger partial charge on any atom is -1.00 e. The summed E-state index contributed by atoms with van der Waals surface area (Å²) in [4.78, 5) is 13.9. The van der Waals surface area contributed by atoms with E-state index in [4.69, 9.17) is 14.6 Å². The fraction of sp³-hybridized carbons (Fsp3) is 0.556. The van der Waals surface area contributed by atoms with E-state index in [0.29, 0.717) is 12.6 Å². The zero-order valence-corrected chi connectivity index (χ0v) is 19.1. The minimum absolute atomic E-state index is 0. The van der Waals surface area contributed by atoms with Gasteiger partial charge >= 0.3 is 29.6 Å². The van der Waals surface area contributed by atoms with Crippen LogP contribution in [0.5, 0.6) is 5.75 Å². The number of benzene rings is 1. The van der Waals surface area contributed by atoms with Crippen LogP contribution in [-0.2, 0) is 9.53 Å². The van der Waals surface area contributed by atoms with Crippen molar-refractivity contribution in [1.82, 2.24) is 14.7 Å². The van der Waals surface area contributed by atoms with E-state index in [1.54, 1.807) is 7.11 Å². The zero-order valence-electron chi connectivity index (χ0n) is 16.5. The Kier molecular flexibility index (Phi) is 6.04. The number of methoxy groups -OCH3 is 1. The first-order chi connectivity index (χ1) is 12.0. The van der Waals surface area contributed by atoms with Crippen LogP contribution in [0.25, 0.3) is 10.9 Å². The molecular formula is C18H23BrN3NaO3. The fourth-order valence-electron chi connectivity index (χ4n) is 4.06. The maximum absolute atomic E-state index is 12.0. The van der Waals surface area contributed by atoms with Gasteiger partial charge in [-0.05, 0) is 47.7 Å². The number of rotatable bonds is 2. The molecule has 6 nitrogen and oxygen atoms in total. The van der Waals surface area contributed by atoms with E-state index in [-0.39, 0.29) is 49.0 Å². The van der Waals surface area contributed by atoms with E-state index >= 15 is 0 Å². The molecule has 136 valence electrons. The summed E-state index contributed by atoms with van der Waals surface area (Å²) in [7, 11) is 3.57. The molecule has 1 aromatic carbocycles. The first-order valence-electron chi connectivity index (χ1n) is 8.59. The number of carbonyl (C=O) groups is 1. The molecule has 2 aliphatic rings. The van der Waals surface area contributed by atoms with Crippen LogP contribution in [0.15, 0.2) is 22.8 Å². The number of nitrogens with zero attached hydrogens (tertiary/aromatic N) is 3. The summed E-state index contributed by atoms with van der Waals surface area (Å²) in [5.74, 6) is 0.881. The van der Waals surface area contributed by atoms with E-state index in [1.807, 2.05) is 24.1 Å². The normalized spacial score (nSPS) is 26.2. The molecule has 2 aromatic rings. The maximum Gasteiger partial charge on any atom is 1.00 e. The standard InChI is InChI=1S/C18H22BrN3O3.Na.H/c1-21-17(23)10-25-11-18(21)5-3-13(4-6-18)22-9-12-7-14(19)16(24-2)8-15(12)20-22;;/h7-9,13H,3-6,10-11H2,1-2H3;;/q;+1;-1. The molecule has 8 heteroatoms. The van der Waals surface area contributed by atoms with E-state index in [9.17, 15) is 4.79 Å². The number of hydrogen-bond donors (Lipinski definition) is 0. The van der Waals surface area contributed by atoms with Gasteiger partial charge in [0.2, 0.25) is 5.91 Å². The molecule has 0 bridgehead atoms. The van der Waals surface area contributed by atoms with Gasteiger partial charge in [-0.2, -0.15) is 5.10 Å². The van der Waals surface area contributed by atoms with E-state index in [0.717, 1.165) is 46.8 Å². The number of aromatic nitrogens is 2. The predicted molar refractivity (Wildman–Crippen MR) is 98.9 cm³/mol. The average Bonchev–Trinajstić information content (AvgIpc) is 3.02. The summed E-state index contributed by atoms with van der Waals surface area (Å²) in [5, 5.41) is 5.86. The Morgan fingerprint density at radius 3 is 2.81 bits per heavy atom. The molecule has 0 unspecified atom stereocenters. The number of amides is 1. The van der Waals surface area contributed by atoms with Gasteiger partial charge in [-0.3, -0.25) is 9.48 Å². The summed E-state index contributed by atoms with van der Waals surface area (Å²) in [6.07, 6.45) is 5.99. The second kappa shape index (κ2) is 7.80. The van der Waals surface area contributed by atoms with Crippen LogP contribution >= 0.6 is 15.9 Å². The maximum atomic E-state index is 12.0. The van der Waals surface area contributed by atoms with Gasteiger partial charge in [-0.25, -0.2) is 0 Å². The van der Waals surface area contributed by atoms with Crippen molar-refractivity contribution in [3.8, 4) is 5.75 Å². The van der Waals surface area contributed by atoms with Crippen molar-refractivity contribution >= 4 is 32.7 Å². The minimum atomic E-state index is -0.134. The molecule has 1 spiro atoms. The Balaban J connectivity index is 0.00000131. The summed E-state index contributed by atoms with van der Waals surface area (Å²) >= 11 is 3.53. The van der Waals surface area contributed by atoms with Crippen molar-refractivity contribution < 1.29 is 45.3 Å². The SMILES string of the molecule is COc1cc2nn(C3CCC4(CC3)COCC(=O)N4C)cc2cc1Br.[H-].[Na+]. The van der Waals surface area contributed by atoms with Crippen LogP contribution in [0.2, 0.25) is 0 Å². The van der Waals surface area contributed by atoms with Gasteiger partial charge in [0.05, 0.1) is 35.3 Å². The van der Waals surface area contributed by atoms with Crippen molar-refractivity contribution in [2.45, 2.75) is 37.3 Å². The number of ether oxygens (including phenoxy) is 2. The Labute approximate surface area is 185 Å². The Hall–Kier alpha value is -0.600. The third-order valence-corrected chi connectivity index (χ3v) is 6.36. The van der Waals surface area contributed by atoms with Crippen LogP contribution in [0.4, 0.5) is 0 Å². The van der Waals surface area contributed by atoms with Gasteiger partial charge in [0.15, 0.2) is 0 Å². The summed E-state index contributed by atoms with van der Waals surface area (Å²) in [6, 6.07) is 4.36. The number of morpholine rings is 1. The molecule has 1 aromatic heterocycles. The van der Waals surface area contributed by atoms with Gasteiger partial charge in [0.25, 0.3) is 0 Å². The molecule has 1 saturated heterocycles. The van der Waals surface area contributed by atoms with E-state index in [2.05, 4.69) is 26.8 Å². The summed E-state index contributed by atoms with van der Waals surface area (Å²) in [6.45, 7) is 0.857. The van der Waals surface area contributed by atoms with Gasteiger partial charge in [-0.1, -0.05) is 0 Å². The van der Waals surface area contributed by atoms with Crippen molar-refractivity contribution in [2.75, 3.05) is 27.4 Å². The van der Waals surface area contributed by atoms with Crippen molar-refractivity contribution in [3.05, 3.63) is 22.8 Å². The summed E-state index contributed by atoms with van der Waals surface area (Å²) in [5.41, 5.74) is 0.804. The number of fused-ring (bicyclic) bond motifs is 1. The number of hydrogen-bond acceptors (Lipinski definition) is 4. The molecule has 1 amide bonds. The number of carbonyl (C=O) groups excluding carboxylic acids is 1. The van der Waals surface area contributed by atoms with Crippen LogP contribution in [-0.4, -0.2) is 53.5 Å². The first-order valence-corrected chi connectivity index (χ1v) is 9.38.